The molecule has 0 saturated heterocycles. The van der Waals surface area contributed by atoms with E-state index in [1.807, 2.05) is 6.92 Å². The first-order valence-corrected chi connectivity index (χ1v) is 5.05. The maximum absolute atomic E-state index is 5.78. The van der Waals surface area contributed by atoms with Crippen molar-refractivity contribution >= 4 is 11.6 Å². The Hall–Kier alpha value is 0.250. The molecule has 0 radical (unpaired) electrons. The van der Waals surface area contributed by atoms with Gasteiger partial charge < -0.3 is 5.32 Å². The van der Waals surface area contributed by atoms with Crippen molar-refractivity contribution < 1.29 is 0 Å². The van der Waals surface area contributed by atoms with Gasteiger partial charge in [0.25, 0.3) is 0 Å². The fourth-order valence-corrected chi connectivity index (χ4v) is 1.04. The summed E-state index contributed by atoms with van der Waals surface area (Å²) in [7, 11) is 0. The molecule has 0 aliphatic carbocycles. The summed E-state index contributed by atoms with van der Waals surface area (Å²) in [6, 6.07) is 0. The molecule has 2 heteroatoms. The van der Waals surface area contributed by atoms with Crippen LogP contribution < -0.4 is 5.32 Å². The zero-order valence-corrected chi connectivity index (χ0v) is 8.45. The van der Waals surface area contributed by atoms with Crippen LogP contribution in [0, 0.1) is 0 Å². The second-order valence-electron chi connectivity index (χ2n) is 3.03. The zero-order chi connectivity index (χ0) is 8.53. The molecule has 68 valence electrons. The summed E-state index contributed by atoms with van der Waals surface area (Å²) >= 11 is 5.78. The number of unbranched alkanes of at least 4 members (excludes halogenated alkanes) is 2. The van der Waals surface area contributed by atoms with Crippen LogP contribution in [0.4, 0.5) is 0 Å². The summed E-state index contributed by atoms with van der Waals surface area (Å²) in [5.74, 6) is 0. The van der Waals surface area contributed by atoms with Crippen LogP contribution in [-0.2, 0) is 0 Å². The first-order chi connectivity index (χ1) is 5.27. The van der Waals surface area contributed by atoms with Gasteiger partial charge in [-0.3, -0.25) is 0 Å². The molecule has 1 N–H and O–H groups in total. The lowest BCUT2D eigenvalue weighted by Gasteiger charge is -2.04. The molecule has 0 bridgehead atoms. The molecule has 1 atom stereocenters. The van der Waals surface area contributed by atoms with Crippen molar-refractivity contribution in [1.29, 1.82) is 0 Å². The largest absolute Gasteiger partial charge is 0.317 e. The van der Waals surface area contributed by atoms with E-state index in [0.717, 1.165) is 19.5 Å². The third-order valence-corrected chi connectivity index (χ3v) is 1.89. The summed E-state index contributed by atoms with van der Waals surface area (Å²) in [5.41, 5.74) is 0. The third kappa shape index (κ3) is 10.2. The Labute approximate surface area is 75.5 Å². The van der Waals surface area contributed by atoms with Crippen LogP contribution >= 0.6 is 11.6 Å². The quantitative estimate of drug-likeness (QED) is 0.466. The number of hydrogen-bond donors (Lipinski definition) is 1. The van der Waals surface area contributed by atoms with Crippen LogP contribution in [0.3, 0.4) is 0 Å². The fraction of sp³-hybridized carbons (Fsp3) is 1.00. The first kappa shape index (κ1) is 11.2. The number of rotatable bonds is 7. The van der Waals surface area contributed by atoms with Crippen molar-refractivity contribution in [2.24, 2.45) is 0 Å². The maximum atomic E-state index is 5.78. The van der Waals surface area contributed by atoms with Crippen LogP contribution in [0.5, 0.6) is 0 Å². The van der Waals surface area contributed by atoms with Crippen LogP contribution in [-0.4, -0.2) is 18.5 Å². The molecule has 1 unspecified atom stereocenters. The second-order valence-corrected chi connectivity index (χ2v) is 3.77. The first-order valence-electron chi connectivity index (χ1n) is 4.62. The molecule has 1 nitrogen and oxygen atoms in total. The van der Waals surface area contributed by atoms with Gasteiger partial charge in [0, 0.05) is 5.38 Å². The Morgan fingerprint density at radius 3 is 2.55 bits per heavy atom. The minimum atomic E-state index is 0.314. The minimum Gasteiger partial charge on any atom is -0.317 e. The van der Waals surface area contributed by atoms with Crippen molar-refractivity contribution in [3.05, 3.63) is 0 Å². The monoisotopic (exact) mass is 177 g/mol. The fourth-order valence-electron chi connectivity index (χ4n) is 0.926. The van der Waals surface area contributed by atoms with Crippen molar-refractivity contribution in [2.75, 3.05) is 13.1 Å². The lowest BCUT2D eigenvalue weighted by Crippen LogP contribution is -2.18. The lowest BCUT2D eigenvalue weighted by atomic mass is 10.2. The standard InChI is InChI=1S/C9H20ClN/c1-3-4-5-7-11-8-6-9(2)10/h9,11H,3-8H2,1-2H3. The average Bonchev–Trinajstić information content (AvgIpc) is 1.96. The van der Waals surface area contributed by atoms with Gasteiger partial charge in [0.1, 0.15) is 0 Å². The minimum absolute atomic E-state index is 0.314. The van der Waals surface area contributed by atoms with Crippen molar-refractivity contribution in [1.82, 2.24) is 5.32 Å². The molecule has 0 aromatic carbocycles. The van der Waals surface area contributed by atoms with E-state index in [2.05, 4.69) is 12.2 Å². The van der Waals surface area contributed by atoms with E-state index in [9.17, 15) is 0 Å². The highest BCUT2D eigenvalue weighted by Crippen LogP contribution is 1.97. The Morgan fingerprint density at radius 1 is 1.27 bits per heavy atom. The average molecular weight is 178 g/mol. The number of nitrogens with one attached hydrogen (secondary N) is 1. The van der Waals surface area contributed by atoms with E-state index < -0.39 is 0 Å². The predicted octanol–water partition coefficient (Wildman–Crippen LogP) is 2.78. The van der Waals surface area contributed by atoms with Gasteiger partial charge in [0.15, 0.2) is 0 Å². The van der Waals surface area contributed by atoms with Gasteiger partial charge in [0.2, 0.25) is 0 Å². The summed E-state index contributed by atoms with van der Waals surface area (Å²) in [6.07, 6.45) is 5.01. The van der Waals surface area contributed by atoms with Gasteiger partial charge in [-0.05, 0) is 32.9 Å². The smallest absolute Gasteiger partial charge is 0.0319 e. The molecule has 0 aromatic heterocycles. The van der Waals surface area contributed by atoms with Gasteiger partial charge in [-0.2, -0.15) is 0 Å². The van der Waals surface area contributed by atoms with Gasteiger partial charge in [-0.25, -0.2) is 0 Å². The van der Waals surface area contributed by atoms with E-state index >= 15 is 0 Å². The molecule has 0 aliphatic heterocycles. The SMILES string of the molecule is CCCCCNCCC(C)Cl. The topological polar surface area (TPSA) is 12.0 Å². The maximum Gasteiger partial charge on any atom is 0.0319 e. The summed E-state index contributed by atoms with van der Waals surface area (Å²) in [4.78, 5) is 0. The zero-order valence-electron chi connectivity index (χ0n) is 7.70. The van der Waals surface area contributed by atoms with Crippen molar-refractivity contribution in [3.8, 4) is 0 Å². The molecule has 0 fully saturated rings. The van der Waals surface area contributed by atoms with E-state index in [-0.39, 0.29) is 0 Å². The molecule has 0 saturated carbocycles. The Balaban J connectivity index is 2.80. The van der Waals surface area contributed by atoms with E-state index in [4.69, 9.17) is 11.6 Å². The van der Waals surface area contributed by atoms with Gasteiger partial charge in [-0.1, -0.05) is 19.8 Å². The highest BCUT2D eigenvalue weighted by atomic mass is 35.5. The van der Waals surface area contributed by atoms with Crippen LogP contribution in [0.2, 0.25) is 0 Å². The number of hydrogen-bond acceptors (Lipinski definition) is 1. The third-order valence-electron chi connectivity index (χ3n) is 1.68. The molecular formula is C9H20ClN. The van der Waals surface area contributed by atoms with Crippen LogP contribution in [0.25, 0.3) is 0 Å². The second kappa shape index (κ2) is 8.35. The highest BCUT2D eigenvalue weighted by molar-refractivity contribution is 6.20. The van der Waals surface area contributed by atoms with Gasteiger partial charge >= 0.3 is 0 Å². The molecule has 0 heterocycles. The van der Waals surface area contributed by atoms with E-state index in [1.165, 1.54) is 19.3 Å². The normalized spacial score (nSPS) is 13.4. The number of alkyl halides is 1. The van der Waals surface area contributed by atoms with Gasteiger partial charge in [0.05, 0.1) is 0 Å². The van der Waals surface area contributed by atoms with Crippen molar-refractivity contribution in [3.63, 3.8) is 0 Å². The number of halogens is 1. The van der Waals surface area contributed by atoms with Crippen LogP contribution in [0.15, 0.2) is 0 Å². The highest BCUT2D eigenvalue weighted by Gasteiger charge is 1.93. The molecule has 0 amide bonds. The predicted molar refractivity (Wildman–Crippen MR) is 52.3 cm³/mol. The van der Waals surface area contributed by atoms with E-state index in [0.29, 0.717) is 5.38 Å². The van der Waals surface area contributed by atoms with Crippen molar-refractivity contribution in [2.45, 2.75) is 44.9 Å². The molecule has 0 spiro atoms. The van der Waals surface area contributed by atoms with E-state index in [1.54, 1.807) is 0 Å². The van der Waals surface area contributed by atoms with Gasteiger partial charge in [-0.15, -0.1) is 11.6 Å². The summed E-state index contributed by atoms with van der Waals surface area (Å²) in [6.45, 7) is 6.47. The molecule has 0 aliphatic rings. The Morgan fingerprint density at radius 2 is 2.00 bits per heavy atom. The molecule has 0 aromatic rings. The summed E-state index contributed by atoms with van der Waals surface area (Å²) < 4.78 is 0. The molecular weight excluding hydrogens is 158 g/mol. The lowest BCUT2D eigenvalue weighted by molar-refractivity contribution is 0.597. The molecule has 0 rings (SSSR count). The Kier molecular flexibility index (Phi) is 8.54. The molecule has 11 heavy (non-hydrogen) atoms. The Bertz CT molecular complexity index is 74.0. The summed E-state index contributed by atoms with van der Waals surface area (Å²) in [5, 5.41) is 3.68. The van der Waals surface area contributed by atoms with Crippen LogP contribution in [0.1, 0.15) is 39.5 Å².